The van der Waals surface area contributed by atoms with E-state index in [1.165, 1.54) is 12.1 Å². The number of anilines is 1. The molecule has 1 aliphatic rings. The second kappa shape index (κ2) is 9.42. The van der Waals surface area contributed by atoms with Crippen LogP contribution in [-0.2, 0) is 6.54 Å². The van der Waals surface area contributed by atoms with Gasteiger partial charge in [0.15, 0.2) is 5.76 Å². The van der Waals surface area contributed by atoms with Gasteiger partial charge in [0.2, 0.25) is 5.95 Å². The number of piperazine rings is 1. The van der Waals surface area contributed by atoms with E-state index in [1.807, 2.05) is 12.1 Å². The first kappa shape index (κ1) is 19.9. The molecule has 3 aromatic rings. The standard InChI is InChI=1S/C20H23N7O3/c28-27(29)17-4-1-3-16(13-17)19-14-18(30-24-19)15-21-7-8-25-9-11-26(12-10-25)20-22-5-2-6-23-20/h1-6,13-14,21H,7-12,15H2. The van der Waals surface area contributed by atoms with Gasteiger partial charge in [-0.05, 0) is 6.07 Å². The summed E-state index contributed by atoms with van der Waals surface area (Å²) in [5, 5.41) is 18.3. The molecule has 30 heavy (non-hydrogen) atoms. The minimum Gasteiger partial charge on any atom is -0.359 e. The second-order valence-electron chi connectivity index (χ2n) is 7.04. The third kappa shape index (κ3) is 4.97. The lowest BCUT2D eigenvalue weighted by atomic mass is 10.1. The van der Waals surface area contributed by atoms with Gasteiger partial charge in [-0.15, -0.1) is 0 Å². The highest BCUT2D eigenvalue weighted by atomic mass is 16.6. The molecule has 3 heterocycles. The highest BCUT2D eigenvalue weighted by Gasteiger charge is 2.18. The molecule has 0 radical (unpaired) electrons. The Morgan fingerprint density at radius 1 is 1.10 bits per heavy atom. The largest absolute Gasteiger partial charge is 0.359 e. The quantitative estimate of drug-likeness (QED) is 0.339. The predicted octanol–water partition coefficient (Wildman–Crippen LogP) is 1.95. The SMILES string of the molecule is O=[N+]([O-])c1cccc(-c2cc(CNCCN3CCN(c4ncccn4)CC3)on2)c1. The third-order valence-corrected chi connectivity index (χ3v) is 5.02. The first-order chi connectivity index (χ1) is 14.7. The van der Waals surface area contributed by atoms with E-state index in [0.29, 0.717) is 23.6 Å². The van der Waals surface area contributed by atoms with E-state index in [0.717, 1.165) is 45.2 Å². The van der Waals surface area contributed by atoms with Gasteiger partial charge in [0.05, 0.1) is 11.5 Å². The highest BCUT2D eigenvalue weighted by molar-refractivity contribution is 5.62. The van der Waals surface area contributed by atoms with Crippen molar-refractivity contribution in [1.82, 2.24) is 25.3 Å². The molecule has 10 nitrogen and oxygen atoms in total. The molecule has 0 bridgehead atoms. The molecule has 0 atom stereocenters. The van der Waals surface area contributed by atoms with E-state index >= 15 is 0 Å². The summed E-state index contributed by atoms with van der Waals surface area (Å²) in [4.78, 5) is 23.7. The van der Waals surface area contributed by atoms with Crippen molar-refractivity contribution in [2.75, 3.05) is 44.2 Å². The molecule has 1 aliphatic heterocycles. The second-order valence-corrected chi connectivity index (χ2v) is 7.04. The molecule has 2 aromatic heterocycles. The Morgan fingerprint density at radius 3 is 2.67 bits per heavy atom. The minimum atomic E-state index is -0.418. The minimum absolute atomic E-state index is 0.0362. The average molecular weight is 409 g/mol. The molecule has 0 saturated carbocycles. The number of nitro groups is 1. The summed E-state index contributed by atoms with van der Waals surface area (Å²) in [6.07, 6.45) is 3.54. The predicted molar refractivity (Wildman–Crippen MR) is 111 cm³/mol. The van der Waals surface area contributed by atoms with Crippen LogP contribution in [0.4, 0.5) is 11.6 Å². The monoisotopic (exact) mass is 409 g/mol. The Morgan fingerprint density at radius 2 is 1.90 bits per heavy atom. The van der Waals surface area contributed by atoms with Crippen LogP contribution >= 0.6 is 0 Å². The van der Waals surface area contributed by atoms with Crippen LogP contribution in [-0.4, -0.2) is 64.2 Å². The fourth-order valence-corrected chi connectivity index (χ4v) is 3.39. The van der Waals surface area contributed by atoms with Crippen molar-refractivity contribution in [2.45, 2.75) is 6.54 Å². The molecule has 0 spiro atoms. The molecule has 1 N–H and O–H groups in total. The number of nitrogens with zero attached hydrogens (tertiary/aromatic N) is 6. The maximum atomic E-state index is 10.9. The van der Waals surface area contributed by atoms with E-state index in [4.69, 9.17) is 4.52 Å². The first-order valence-corrected chi connectivity index (χ1v) is 9.84. The average Bonchev–Trinajstić information content (AvgIpc) is 3.27. The lowest BCUT2D eigenvalue weighted by Crippen LogP contribution is -2.48. The summed E-state index contributed by atoms with van der Waals surface area (Å²) in [5.41, 5.74) is 1.29. The van der Waals surface area contributed by atoms with Crippen molar-refractivity contribution >= 4 is 11.6 Å². The first-order valence-electron chi connectivity index (χ1n) is 9.84. The van der Waals surface area contributed by atoms with Gasteiger partial charge >= 0.3 is 0 Å². The number of nitrogens with one attached hydrogen (secondary N) is 1. The van der Waals surface area contributed by atoms with Crippen LogP contribution < -0.4 is 10.2 Å². The van der Waals surface area contributed by atoms with E-state index in [9.17, 15) is 10.1 Å². The van der Waals surface area contributed by atoms with E-state index in [2.05, 4.69) is 30.2 Å². The molecular formula is C20H23N7O3. The van der Waals surface area contributed by atoms with Crippen LogP contribution in [0.25, 0.3) is 11.3 Å². The van der Waals surface area contributed by atoms with Crippen molar-refractivity contribution in [3.8, 4) is 11.3 Å². The number of benzene rings is 1. The molecule has 156 valence electrons. The molecule has 0 amide bonds. The van der Waals surface area contributed by atoms with Crippen molar-refractivity contribution < 1.29 is 9.45 Å². The normalized spacial score (nSPS) is 14.7. The van der Waals surface area contributed by atoms with E-state index in [-0.39, 0.29) is 5.69 Å². The van der Waals surface area contributed by atoms with Crippen LogP contribution in [0.15, 0.2) is 53.3 Å². The van der Waals surface area contributed by atoms with Crippen LogP contribution in [0.2, 0.25) is 0 Å². The third-order valence-electron chi connectivity index (χ3n) is 5.02. The van der Waals surface area contributed by atoms with Gasteiger partial charge in [-0.1, -0.05) is 17.3 Å². The number of aromatic nitrogens is 3. The van der Waals surface area contributed by atoms with Gasteiger partial charge < -0.3 is 14.7 Å². The number of hydrogen-bond acceptors (Lipinski definition) is 9. The maximum Gasteiger partial charge on any atom is 0.270 e. The van der Waals surface area contributed by atoms with Gasteiger partial charge in [0.25, 0.3) is 5.69 Å². The number of hydrogen-bond donors (Lipinski definition) is 1. The van der Waals surface area contributed by atoms with Crippen molar-refractivity contribution in [3.05, 3.63) is 64.7 Å². The Balaban J connectivity index is 1.20. The zero-order valence-electron chi connectivity index (χ0n) is 16.5. The summed E-state index contributed by atoms with van der Waals surface area (Å²) in [7, 11) is 0. The molecule has 0 unspecified atom stereocenters. The summed E-state index contributed by atoms with van der Waals surface area (Å²) in [6.45, 7) is 6.10. The molecular weight excluding hydrogens is 386 g/mol. The number of non-ortho nitro benzene ring substituents is 1. The lowest BCUT2D eigenvalue weighted by molar-refractivity contribution is -0.384. The molecule has 1 aromatic carbocycles. The maximum absolute atomic E-state index is 10.9. The summed E-state index contributed by atoms with van der Waals surface area (Å²) >= 11 is 0. The van der Waals surface area contributed by atoms with Crippen LogP contribution in [0.3, 0.4) is 0 Å². The zero-order valence-corrected chi connectivity index (χ0v) is 16.5. The van der Waals surface area contributed by atoms with Gasteiger partial charge in [-0.3, -0.25) is 15.0 Å². The lowest BCUT2D eigenvalue weighted by Gasteiger charge is -2.34. The van der Waals surface area contributed by atoms with Crippen LogP contribution in [0, 0.1) is 10.1 Å². The van der Waals surface area contributed by atoms with E-state index < -0.39 is 4.92 Å². The summed E-state index contributed by atoms with van der Waals surface area (Å²) < 4.78 is 5.36. The highest BCUT2D eigenvalue weighted by Crippen LogP contribution is 2.23. The summed E-state index contributed by atoms with van der Waals surface area (Å²) in [6, 6.07) is 10.0. The van der Waals surface area contributed by atoms with Crippen molar-refractivity contribution in [2.24, 2.45) is 0 Å². The van der Waals surface area contributed by atoms with Crippen molar-refractivity contribution in [1.29, 1.82) is 0 Å². The van der Waals surface area contributed by atoms with Gasteiger partial charge in [-0.2, -0.15) is 0 Å². The molecule has 4 rings (SSSR count). The Bertz CT molecular complexity index is 971. The van der Waals surface area contributed by atoms with Gasteiger partial charge in [0.1, 0.15) is 5.69 Å². The molecule has 1 saturated heterocycles. The molecule has 0 aliphatic carbocycles. The van der Waals surface area contributed by atoms with Crippen LogP contribution in [0.1, 0.15) is 5.76 Å². The van der Waals surface area contributed by atoms with E-state index in [1.54, 1.807) is 24.5 Å². The number of nitro benzene ring substituents is 1. The molecule has 10 heteroatoms. The fourth-order valence-electron chi connectivity index (χ4n) is 3.39. The number of rotatable bonds is 8. The Hall–Kier alpha value is -3.37. The fraction of sp³-hybridized carbons (Fsp3) is 0.350. The van der Waals surface area contributed by atoms with Crippen molar-refractivity contribution in [3.63, 3.8) is 0 Å². The summed E-state index contributed by atoms with van der Waals surface area (Å²) in [5.74, 6) is 1.49. The zero-order chi connectivity index (χ0) is 20.8. The molecule has 1 fully saturated rings. The van der Waals surface area contributed by atoms with Gasteiger partial charge in [-0.25, -0.2) is 9.97 Å². The Labute approximate surface area is 173 Å². The Kier molecular flexibility index (Phi) is 6.26. The van der Waals surface area contributed by atoms with Crippen LogP contribution in [0.5, 0.6) is 0 Å². The van der Waals surface area contributed by atoms with Gasteiger partial charge in [0, 0.05) is 75.4 Å². The topological polar surface area (TPSA) is 113 Å². The smallest absolute Gasteiger partial charge is 0.270 e.